The third-order valence-electron chi connectivity index (χ3n) is 1.08. The first-order chi connectivity index (χ1) is 4.86. The number of pyridine rings is 1. The Morgan fingerprint density at radius 2 is 2.50 bits per heavy atom. The summed E-state index contributed by atoms with van der Waals surface area (Å²) in [5, 5.41) is 9.16. The minimum absolute atomic E-state index is 0.657. The third kappa shape index (κ3) is 1.55. The fourth-order valence-corrected chi connectivity index (χ4v) is 0.927. The van der Waals surface area contributed by atoms with Crippen LogP contribution in [0.4, 0.5) is 0 Å². The summed E-state index contributed by atoms with van der Waals surface area (Å²) in [6.45, 7) is 0. The average Bonchev–Trinajstić information content (AvgIpc) is 2.05. The molecule has 1 rings (SSSR count). The molecule has 0 aromatic carbocycles. The van der Waals surface area contributed by atoms with Crippen molar-refractivity contribution < 1.29 is 0 Å². The first-order valence-electron chi connectivity index (χ1n) is 2.78. The summed E-state index contributed by atoms with van der Waals surface area (Å²) >= 11 is 3.25. The number of nitriles is 1. The lowest BCUT2D eigenvalue weighted by Gasteiger charge is -1.91. The van der Waals surface area contributed by atoms with Crippen molar-refractivity contribution >= 4 is 15.9 Å². The van der Waals surface area contributed by atoms with Gasteiger partial charge in [-0.2, -0.15) is 5.26 Å². The number of hydrogen-bond acceptors (Lipinski definition) is 2. The van der Waals surface area contributed by atoms with Gasteiger partial charge in [-0.25, -0.2) is 0 Å². The molecule has 0 amide bonds. The molecule has 0 aliphatic heterocycles. The highest BCUT2D eigenvalue weighted by atomic mass is 79.9. The zero-order valence-corrected chi connectivity index (χ0v) is 6.80. The smallest absolute Gasteiger partial charge is 0.0992 e. The lowest BCUT2D eigenvalue weighted by atomic mass is 10.2. The van der Waals surface area contributed by atoms with Crippen molar-refractivity contribution in [1.82, 2.24) is 4.98 Å². The highest BCUT2D eigenvalue weighted by Gasteiger charge is 1.92. The van der Waals surface area contributed by atoms with Crippen LogP contribution in [0.1, 0.15) is 11.3 Å². The van der Waals surface area contributed by atoms with Gasteiger partial charge in [-0.3, -0.25) is 4.98 Å². The second-order valence-electron chi connectivity index (χ2n) is 1.78. The Balaban J connectivity index is 3.01. The van der Waals surface area contributed by atoms with E-state index in [1.165, 1.54) is 0 Å². The molecule has 0 radical (unpaired) electrons. The van der Waals surface area contributed by atoms with E-state index in [0.717, 1.165) is 5.69 Å². The van der Waals surface area contributed by atoms with E-state index in [2.05, 4.69) is 20.9 Å². The van der Waals surface area contributed by atoms with Gasteiger partial charge in [-0.15, -0.1) is 0 Å². The maximum Gasteiger partial charge on any atom is 0.0992 e. The fraction of sp³-hybridized carbons (Fsp3) is 0.143. The second-order valence-corrected chi connectivity index (χ2v) is 2.34. The number of hydrogen-bond donors (Lipinski definition) is 0. The summed E-state index contributed by atoms with van der Waals surface area (Å²) in [6, 6.07) is 5.49. The summed E-state index contributed by atoms with van der Waals surface area (Å²) in [7, 11) is 0. The Morgan fingerprint density at radius 3 is 3.10 bits per heavy atom. The summed E-state index contributed by atoms with van der Waals surface area (Å²) in [5.41, 5.74) is 1.54. The van der Waals surface area contributed by atoms with Gasteiger partial charge >= 0.3 is 0 Å². The highest BCUT2D eigenvalue weighted by Crippen LogP contribution is 2.03. The van der Waals surface area contributed by atoms with Gasteiger partial charge in [0, 0.05) is 11.5 Å². The van der Waals surface area contributed by atoms with Crippen molar-refractivity contribution in [1.29, 1.82) is 5.26 Å². The molecular formula is C7H5BrN2. The Kier molecular flexibility index (Phi) is 2.41. The van der Waals surface area contributed by atoms with E-state index < -0.39 is 0 Å². The van der Waals surface area contributed by atoms with Crippen molar-refractivity contribution in [3.8, 4) is 6.07 Å². The van der Waals surface area contributed by atoms with Gasteiger partial charge < -0.3 is 0 Å². The highest BCUT2D eigenvalue weighted by molar-refractivity contribution is 9.08. The van der Waals surface area contributed by atoms with Crippen LogP contribution < -0.4 is 0 Å². The van der Waals surface area contributed by atoms with Gasteiger partial charge in [0.25, 0.3) is 0 Å². The number of rotatable bonds is 1. The van der Waals surface area contributed by atoms with Gasteiger partial charge in [0.1, 0.15) is 0 Å². The van der Waals surface area contributed by atoms with Crippen molar-refractivity contribution in [2.45, 2.75) is 5.33 Å². The molecule has 3 heteroatoms. The molecule has 0 aliphatic carbocycles. The molecule has 0 saturated heterocycles. The molecule has 0 unspecified atom stereocenters. The summed E-state index contributed by atoms with van der Waals surface area (Å²) < 4.78 is 0. The second kappa shape index (κ2) is 3.33. The monoisotopic (exact) mass is 196 g/mol. The van der Waals surface area contributed by atoms with Crippen LogP contribution in [0.2, 0.25) is 0 Å². The third-order valence-corrected chi connectivity index (χ3v) is 1.66. The van der Waals surface area contributed by atoms with Gasteiger partial charge in [0.05, 0.1) is 17.3 Å². The van der Waals surface area contributed by atoms with E-state index in [-0.39, 0.29) is 0 Å². The molecule has 0 saturated carbocycles. The maximum absolute atomic E-state index is 8.46. The van der Waals surface area contributed by atoms with Crippen LogP contribution in [0.25, 0.3) is 0 Å². The van der Waals surface area contributed by atoms with Gasteiger partial charge in [-0.1, -0.05) is 15.9 Å². The molecule has 0 fully saturated rings. The topological polar surface area (TPSA) is 36.7 Å². The van der Waals surface area contributed by atoms with E-state index >= 15 is 0 Å². The lowest BCUT2D eigenvalue weighted by Crippen LogP contribution is -1.84. The van der Waals surface area contributed by atoms with Crippen LogP contribution in [0.5, 0.6) is 0 Å². The predicted octanol–water partition coefficient (Wildman–Crippen LogP) is 1.85. The Labute approximate surface area is 67.6 Å². The first kappa shape index (κ1) is 7.23. The zero-order valence-electron chi connectivity index (χ0n) is 5.21. The molecular weight excluding hydrogens is 192 g/mol. The Hall–Kier alpha value is -0.880. The normalized spacial score (nSPS) is 8.80. The molecule has 50 valence electrons. The van der Waals surface area contributed by atoms with Crippen molar-refractivity contribution in [2.75, 3.05) is 0 Å². The van der Waals surface area contributed by atoms with Crippen molar-refractivity contribution in [3.63, 3.8) is 0 Å². The zero-order chi connectivity index (χ0) is 7.40. The van der Waals surface area contributed by atoms with Gasteiger partial charge in [0.2, 0.25) is 0 Å². The molecule has 2 nitrogen and oxygen atoms in total. The number of alkyl halides is 1. The molecule has 0 atom stereocenters. The van der Waals surface area contributed by atoms with Gasteiger partial charge in [-0.05, 0) is 12.1 Å². The van der Waals surface area contributed by atoms with Crippen molar-refractivity contribution in [2.24, 2.45) is 0 Å². The van der Waals surface area contributed by atoms with Crippen LogP contribution in [0.15, 0.2) is 18.3 Å². The summed E-state index contributed by atoms with van der Waals surface area (Å²) in [5.74, 6) is 0. The van der Waals surface area contributed by atoms with Gasteiger partial charge in [0.15, 0.2) is 0 Å². The van der Waals surface area contributed by atoms with Crippen LogP contribution in [-0.4, -0.2) is 4.98 Å². The SMILES string of the molecule is N#Cc1ccnc(CBr)c1. The molecule has 0 bridgehead atoms. The summed E-state index contributed by atoms with van der Waals surface area (Å²) in [4.78, 5) is 4.01. The van der Waals surface area contributed by atoms with Crippen molar-refractivity contribution in [3.05, 3.63) is 29.6 Å². The lowest BCUT2D eigenvalue weighted by molar-refractivity contribution is 1.18. The number of nitrogens with zero attached hydrogens (tertiary/aromatic N) is 2. The average molecular weight is 197 g/mol. The molecule has 10 heavy (non-hydrogen) atoms. The van der Waals surface area contributed by atoms with E-state index in [0.29, 0.717) is 10.9 Å². The van der Waals surface area contributed by atoms with Crippen LogP contribution in [0.3, 0.4) is 0 Å². The maximum atomic E-state index is 8.46. The molecule has 0 N–H and O–H groups in total. The molecule has 1 heterocycles. The fourth-order valence-electron chi connectivity index (χ4n) is 0.621. The molecule has 0 spiro atoms. The quantitative estimate of drug-likeness (QED) is 0.644. The Morgan fingerprint density at radius 1 is 1.70 bits per heavy atom. The largest absolute Gasteiger partial charge is 0.260 e. The first-order valence-corrected chi connectivity index (χ1v) is 3.90. The Bertz CT molecular complexity index is 265. The molecule has 1 aromatic heterocycles. The van der Waals surface area contributed by atoms with E-state index in [4.69, 9.17) is 5.26 Å². The van der Waals surface area contributed by atoms with E-state index in [1.54, 1.807) is 18.3 Å². The summed E-state index contributed by atoms with van der Waals surface area (Å²) in [6.07, 6.45) is 1.63. The van der Waals surface area contributed by atoms with Crippen LogP contribution in [-0.2, 0) is 5.33 Å². The molecule has 1 aromatic rings. The van der Waals surface area contributed by atoms with E-state index in [1.807, 2.05) is 6.07 Å². The number of halogens is 1. The van der Waals surface area contributed by atoms with Crippen LogP contribution >= 0.6 is 15.9 Å². The predicted molar refractivity (Wildman–Crippen MR) is 41.6 cm³/mol. The standard InChI is InChI=1S/C7H5BrN2/c8-4-7-3-6(5-9)1-2-10-7/h1-3H,4H2. The number of aromatic nitrogens is 1. The van der Waals surface area contributed by atoms with E-state index in [9.17, 15) is 0 Å². The minimum Gasteiger partial charge on any atom is -0.260 e. The van der Waals surface area contributed by atoms with Crippen LogP contribution in [0, 0.1) is 11.3 Å². The molecule has 0 aliphatic rings. The minimum atomic E-state index is 0.657.